The van der Waals surface area contributed by atoms with Gasteiger partial charge in [-0.25, -0.2) is 0 Å². The zero-order chi connectivity index (χ0) is 17.0. The zero-order valence-electron chi connectivity index (χ0n) is 14.2. The van der Waals surface area contributed by atoms with Gasteiger partial charge in [0.25, 0.3) is 5.91 Å². The third kappa shape index (κ3) is 3.61. The van der Waals surface area contributed by atoms with Gasteiger partial charge in [0, 0.05) is 25.4 Å². The van der Waals surface area contributed by atoms with Gasteiger partial charge in [0.15, 0.2) is 0 Å². The zero-order valence-corrected chi connectivity index (χ0v) is 14.2. The van der Waals surface area contributed by atoms with Gasteiger partial charge in [-0.3, -0.25) is 4.79 Å². The Hall–Kier alpha value is -1.90. The number of likely N-dealkylation sites (tertiary alicyclic amines) is 1. The third-order valence-corrected chi connectivity index (χ3v) is 4.95. The highest BCUT2D eigenvalue weighted by atomic mass is 16.5. The van der Waals surface area contributed by atoms with Crippen molar-refractivity contribution in [3.8, 4) is 6.07 Å². The molecular formula is C19H24N2O3. The largest absolute Gasteiger partial charge is 0.382 e. The molecule has 128 valence electrons. The van der Waals surface area contributed by atoms with Crippen LogP contribution in [0.2, 0.25) is 0 Å². The molecule has 5 nitrogen and oxygen atoms in total. The van der Waals surface area contributed by atoms with E-state index in [9.17, 15) is 4.79 Å². The van der Waals surface area contributed by atoms with Crippen LogP contribution in [0.15, 0.2) is 24.3 Å². The van der Waals surface area contributed by atoms with Gasteiger partial charge in [0.2, 0.25) is 0 Å². The molecule has 2 saturated heterocycles. The van der Waals surface area contributed by atoms with E-state index in [1.807, 2.05) is 11.8 Å². The lowest BCUT2D eigenvalue weighted by Crippen LogP contribution is -2.66. The number of amides is 1. The first kappa shape index (κ1) is 16.9. The highest BCUT2D eigenvalue weighted by Gasteiger charge is 2.49. The smallest absolute Gasteiger partial charge is 0.254 e. The second kappa shape index (κ2) is 7.33. The van der Waals surface area contributed by atoms with E-state index in [1.54, 1.807) is 24.3 Å². The molecule has 1 aromatic rings. The lowest BCUT2D eigenvalue weighted by atomic mass is 9.79. The Morgan fingerprint density at radius 1 is 1.50 bits per heavy atom. The fraction of sp³-hybridized carbons (Fsp3) is 0.579. The van der Waals surface area contributed by atoms with Crippen LogP contribution in [0.1, 0.15) is 42.1 Å². The molecular weight excluding hydrogens is 304 g/mol. The van der Waals surface area contributed by atoms with Crippen LogP contribution in [0.25, 0.3) is 0 Å². The van der Waals surface area contributed by atoms with Crippen molar-refractivity contribution in [3.63, 3.8) is 0 Å². The second-order valence-electron chi connectivity index (χ2n) is 6.73. The van der Waals surface area contributed by atoms with Gasteiger partial charge in [-0.15, -0.1) is 0 Å². The lowest BCUT2D eigenvalue weighted by Gasteiger charge is -2.53. The Morgan fingerprint density at radius 3 is 3.08 bits per heavy atom. The van der Waals surface area contributed by atoms with E-state index in [1.165, 1.54) is 0 Å². The molecule has 0 saturated carbocycles. The molecule has 0 aliphatic carbocycles. The highest BCUT2D eigenvalue weighted by molar-refractivity contribution is 5.95. The maximum Gasteiger partial charge on any atom is 0.254 e. The van der Waals surface area contributed by atoms with Crippen molar-refractivity contribution >= 4 is 5.91 Å². The van der Waals surface area contributed by atoms with Crippen LogP contribution in [0, 0.1) is 17.2 Å². The molecule has 0 N–H and O–H groups in total. The van der Waals surface area contributed by atoms with Crippen LogP contribution in [-0.4, -0.2) is 49.3 Å². The fourth-order valence-corrected chi connectivity index (χ4v) is 3.69. The average molecular weight is 328 g/mol. The molecule has 0 unspecified atom stereocenters. The van der Waals surface area contributed by atoms with Crippen molar-refractivity contribution in [2.24, 2.45) is 5.92 Å². The molecule has 2 aliphatic heterocycles. The van der Waals surface area contributed by atoms with Crippen molar-refractivity contribution in [1.29, 1.82) is 5.26 Å². The van der Waals surface area contributed by atoms with Gasteiger partial charge in [0.05, 0.1) is 24.7 Å². The van der Waals surface area contributed by atoms with Crippen LogP contribution < -0.4 is 0 Å². The Morgan fingerprint density at radius 2 is 2.33 bits per heavy atom. The molecule has 5 heteroatoms. The van der Waals surface area contributed by atoms with Crippen LogP contribution in [-0.2, 0) is 9.47 Å². The number of nitriles is 1. The van der Waals surface area contributed by atoms with E-state index < -0.39 is 0 Å². The predicted molar refractivity (Wildman–Crippen MR) is 89.6 cm³/mol. The topological polar surface area (TPSA) is 62.6 Å². The van der Waals surface area contributed by atoms with Crippen LogP contribution in [0.4, 0.5) is 0 Å². The van der Waals surface area contributed by atoms with Gasteiger partial charge in [-0.1, -0.05) is 6.07 Å². The normalized spacial score (nSPS) is 22.0. The van der Waals surface area contributed by atoms with Crippen LogP contribution in [0.5, 0.6) is 0 Å². The molecule has 3 rings (SSSR count). The Bertz CT molecular complexity index is 632. The number of rotatable bonds is 5. The van der Waals surface area contributed by atoms with Crippen LogP contribution in [0.3, 0.4) is 0 Å². The molecule has 1 atom stereocenters. The summed E-state index contributed by atoms with van der Waals surface area (Å²) in [6.45, 7) is 5.64. The number of benzene rings is 1. The molecule has 1 spiro atoms. The Kier molecular flexibility index (Phi) is 5.17. The van der Waals surface area contributed by atoms with E-state index in [4.69, 9.17) is 14.7 Å². The third-order valence-electron chi connectivity index (χ3n) is 4.95. The van der Waals surface area contributed by atoms with E-state index in [0.717, 1.165) is 39.1 Å². The van der Waals surface area contributed by atoms with Crippen LogP contribution >= 0.6 is 0 Å². The summed E-state index contributed by atoms with van der Waals surface area (Å²) in [4.78, 5) is 14.4. The van der Waals surface area contributed by atoms with E-state index in [2.05, 4.69) is 6.07 Å². The molecule has 2 fully saturated rings. The monoisotopic (exact) mass is 328 g/mol. The molecule has 0 bridgehead atoms. The predicted octanol–water partition coefficient (Wildman–Crippen LogP) is 2.61. The van der Waals surface area contributed by atoms with Crippen molar-refractivity contribution < 1.29 is 14.3 Å². The summed E-state index contributed by atoms with van der Waals surface area (Å²) in [5.74, 6) is 0.599. The van der Waals surface area contributed by atoms with Crippen molar-refractivity contribution in [1.82, 2.24) is 4.90 Å². The highest BCUT2D eigenvalue weighted by Crippen LogP contribution is 2.38. The summed E-state index contributed by atoms with van der Waals surface area (Å²) in [6, 6.07) is 8.96. The molecule has 1 aromatic carbocycles. The SMILES string of the molecule is CCOCC[C@H]1CCOC2(C1)CN(C(=O)c1cccc(C#N)c1)C2. The lowest BCUT2D eigenvalue weighted by molar-refractivity contribution is -0.167. The van der Waals surface area contributed by atoms with Crippen molar-refractivity contribution in [3.05, 3.63) is 35.4 Å². The second-order valence-corrected chi connectivity index (χ2v) is 6.73. The fourth-order valence-electron chi connectivity index (χ4n) is 3.69. The maximum absolute atomic E-state index is 12.6. The molecule has 24 heavy (non-hydrogen) atoms. The Labute approximate surface area is 143 Å². The molecule has 2 aliphatic rings. The first-order valence-electron chi connectivity index (χ1n) is 8.67. The van der Waals surface area contributed by atoms with Gasteiger partial charge in [-0.2, -0.15) is 5.26 Å². The summed E-state index contributed by atoms with van der Waals surface area (Å²) in [6.07, 6.45) is 3.15. The summed E-state index contributed by atoms with van der Waals surface area (Å²) >= 11 is 0. The number of nitrogens with zero attached hydrogens (tertiary/aromatic N) is 2. The van der Waals surface area contributed by atoms with E-state index >= 15 is 0 Å². The average Bonchev–Trinajstić information content (AvgIpc) is 2.59. The molecule has 0 radical (unpaired) electrons. The minimum Gasteiger partial charge on any atom is -0.382 e. The summed E-state index contributed by atoms with van der Waals surface area (Å²) in [7, 11) is 0. The summed E-state index contributed by atoms with van der Waals surface area (Å²) in [5, 5.41) is 8.97. The minimum absolute atomic E-state index is 0.0160. The van der Waals surface area contributed by atoms with E-state index in [0.29, 0.717) is 30.1 Å². The number of carbonyl (C=O) groups excluding carboxylic acids is 1. The van der Waals surface area contributed by atoms with Gasteiger partial charge >= 0.3 is 0 Å². The van der Waals surface area contributed by atoms with Crippen molar-refractivity contribution in [2.45, 2.75) is 31.8 Å². The van der Waals surface area contributed by atoms with Gasteiger partial charge in [-0.05, 0) is 50.3 Å². The molecule has 0 aromatic heterocycles. The number of hydrogen-bond donors (Lipinski definition) is 0. The quantitative estimate of drug-likeness (QED) is 0.780. The first-order valence-corrected chi connectivity index (χ1v) is 8.67. The van der Waals surface area contributed by atoms with E-state index in [-0.39, 0.29) is 11.5 Å². The van der Waals surface area contributed by atoms with Gasteiger partial charge in [0.1, 0.15) is 5.60 Å². The first-order chi connectivity index (χ1) is 11.7. The minimum atomic E-state index is -0.169. The van der Waals surface area contributed by atoms with Gasteiger partial charge < -0.3 is 14.4 Å². The molecule has 2 heterocycles. The van der Waals surface area contributed by atoms with Crippen molar-refractivity contribution in [2.75, 3.05) is 32.9 Å². The standard InChI is InChI=1S/C19H24N2O3/c1-2-23-8-6-15-7-9-24-19(11-15)13-21(14-19)18(22)17-5-3-4-16(10-17)12-20/h3-5,10,15H,2,6-9,11,13-14H2,1H3/t15-/m0/s1. The maximum atomic E-state index is 12.6. The molecule has 1 amide bonds. The summed E-state index contributed by atoms with van der Waals surface area (Å²) < 4.78 is 11.5. The number of carbonyl (C=O) groups is 1. The number of hydrogen-bond acceptors (Lipinski definition) is 4. The summed E-state index contributed by atoms with van der Waals surface area (Å²) in [5.41, 5.74) is 0.922. The number of ether oxygens (including phenoxy) is 2. The Balaban J connectivity index is 1.55.